The van der Waals surface area contributed by atoms with Crippen LogP contribution in [-0.2, 0) is 14.3 Å². The van der Waals surface area contributed by atoms with Crippen LogP contribution in [0.4, 0.5) is 0 Å². The molecule has 0 saturated carbocycles. The summed E-state index contributed by atoms with van der Waals surface area (Å²) in [5, 5.41) is 71.2. The topological polar surface area (TPSA) is 217 Å². The highest BCUT2D eigenvalue weighted by Crippen LogP contribution is 2.39. The number of aromatic hydroxyl groups is 4. The van der Waals surface area contributed by atoms with Crippen molar-refractivity contribution < 1.29 is 59.2 Å². The Kier molecular flexibility index (Phi) is 8.23. The van der Waals surface area contributed by atoms with Gasteiger partial charge in [-0.25, -0.2) is 4.79 Å². The number of hydrogen-bond acceptors (Lipinski definition) is 13. The van der Waals surface area contributed by atoms with Crippen LogP contribution in [0.15, 0.2) is 76.0 Å². The molecule has 1 saturated heterocycles. The molecule has 4 aromatic rings. The van der Waals surface area contributed by atoms with Gasteiger partial charge in [-0.3, -0.25) is 4.79 Å². The van der Waals surface area contributed by atoms with Crippen LogP contribution in [0.25, 0.3) is 28.4 Å². The van der Waals surface area contributed by atoms with Crippen LogP contribution in [0.3, 0.4) is 0 Å². The molecule has 0 spiro atoms. The van der Waals surface area contributed by atoms with Crippen molar-refractivity contribution >= 4 is 23.0 Å². The molecule has 1 aromatic heterocycles. The van der Waals surface area contributed by atoms with Gasteiger partial charge < -0.3 is 54.4 Å². The smallest absolute Gasteiger partial charge is 0.330 e. The maximum absolute atomic E-state index is 13.6. The van der Waals surface area contributed by atoms with Crippen LogP contribution >= 0.6 is 0 Å². The molecular formula is C30H26O13. The fraction of sp³-hybridized carbons (Fsp3) is 0.200. The number of fused-ring (bicyclic) bond motifs is 1. The number of aliphatic hydroxyl groups is 3. The Balaban J connectivity index is 1.45. The molecule has 1 aliphatic rings. The highest BCUT2D eigenvalue weighted by Gasteiger charge is 2.46. The van der Waals surface area contributed by atoms with Crippen molar-refractivity contribution in [1.29, 1.82) is 0 Å². The predicted octanol–water partition coefficient (Wildman–Crippen LogP) is 1.73. The summed E-state index contributed by atoms with van der Waals surface area (Å²) in [6.07, 6.45) is -6.14. The Morgan fingerprint density at radius 3 is 2.33 bits per heavy atom. The number of phenols is 4. The first kappa shape index (κ1) is 29.4. The summed E-state index contributed by atoms with van der Waals surface area (Å²) >= 11 is 0. The minimum atomic E-state index is -1.93. The molecule has 13 nitrogen and oxygen atoms in total. The highest BCUT2D eigenvalue weighted by molar-refractivity contribution is 5.88. The molecule has 1 fully saturated rings. The summed E-state index contributed by atoms with van der Waals surface area (Å²) in [5.41, 5.74) is -0.541. The van der Waals surface area contributed by atoms with E-state index in [2.05, 4.69) is 0 Å². The molecule has 5 atom stereocenters. The Labute approximate surface area is 242 Å². The third-order valence-corrected chi connectivity index (χ3v) is 6.66. The molecule has 0 aliphatic carbocycles. The first-order valence-electron chi connectivity index (χ1n) is 12.8. The van der Waals surface area contributed by atoms with Gasteiger partial charge in [-0.05, 0) is 29.8 Å². The minimum Gasteiger partial charge on any atom is -0.508 e. The number of rotatable bonds is 7. The van der Waals surface area contributed by atoms with Gasteiger partial charge >= 0.3 is 5.97 Å². The third-order valence-electron chi connectivity index (χ3n) is 6.66. The second kappa shape index (κ2) is 12.0. The van der Waals surface area contributed by atoms with E-state index in [0.717, 1.165) is 35.9 Å². The molecule has 2 heterocycles. The average molecular weight is 595 g/mol. The van der Waals surface area contributed by atoms with Crippen molar-refractivity contribution in [2.45, 2.75) is 30.7 Å². The summed E-state index contributed by atoms with van der Waals surface area (Å²) in [4.78, 5) is 25.8. The lowest BCUT2D eigenvalue weighted by atomic mass is 9.99. The van der Waals surface area contributed by atoms with Crippen molar-refractivity contribution in [3.63, 3.8) is 0 Å². The molecule has 0 radical (unpaired) electrons. The maximum atomic E-state index is 13.6. The number of esters is 1. The van der Waals surface area contributed by atoms with Crippen LogP contribution in [0.1, 0.15) is 5.56 Å². The van der Waals surface area contributed by atoms with E-state index in [1.54, 1.807) is 24.3 Å². The molecule has 7 N–H and O–H groups in total. The van der Waals surface area contributed by atoms with Crippen LogP contribution in [0.5, 0.6) is 28.7 Å². The summed E-state index contributed by atoms with van der Waals surface area (Å²) in [7, 11) is 0. The largest absolute Gasteiger partial charge is 0.508 e. The first-order chi connectivity index (χ1) is 20.5. The zero-order valence-corrected chi connectivity index (χ0v) is 22.1. The van der Waals surface area contributed by atoms with Gasteiger partial charge in [-0.2, -0.15) is 0 Å². The van der Waals surface area contributed by atoms with E-state index in [1.165, 1.54) is 12.1 Å². The van der Waals surface area contributed by atoms with Crippen LogP contribution in [-0.4, -0.2) is 79.0 Å². The monoisotopic (exact) mass is 594 g/mol. The van der Waals surface area contributed by atoms with E-state index in [1.807, 2.05) is 6.07 Å². The lowest BCUT2D eigenvalue weighted by Crippen LogP contribution is -2.60. The van der Waals surface area contributed by atoms with Gasteiger partial charge in [0.2, 0.25) is 17.5 Å². The van der Waals surface area contributed by atoms with Crippen molar-refractivity contribution in [3.8, 4) is 40.1 Å². The molecule has 224 valence electrons. The second-order valence-electron chi connectivity index (χ2n) is 9.64. The van der Waals surface area contributed by atoms with Crippen molar-refractivity contribution in [2.75, 3.05) is 6.61 Å². The number of carbonyl (C=O) groups is 1. The quantitative estimate of drug-likeness (QED) is 0.0923. The van der Waals surface area contributed by atoms with E-state index >= 15 is 0 Å². The van der Waals surface area contributed by atoms with Crippen molar-refractivity contribution in [3.05, 3.63) is 82.5 Å². The third kappa shape index (κ3) is 6.10. The fourth-order valence-corrected chi connectivity index (χ4v) is 4.44. The average Bonchev–Trinajstić information content (AvgIpc) is 2.98. The lowest BCUT2D eigenvalue weighted by Gasteiger charge is -2.39. The maximum Gasteiger partial charge on any atom is 0.330 e. The number of benzene rings is 3. The van der Waals surface area contributed by atoms with Crippen LogP contribution < -0.4 is 10.2 Å². The Morgan fingerprint density at radius 2 is 1.60 bits per heavy atom. The van der Waals surface area contributed by atoms with Gasteiger partial charge in [0.1, 0.15) is 53.5 Å². The molecule has 1 aliphatic heterocycles. The molecule has 3 aromatic carbocycles. The second-order valence-corrected chi connectivity index (χ2v) is 9.64. The molecular weight excluding hydrogens is 568 g/mol. The summed E-state index contributed by atoms with van der Waals surface area (Å²) in [5.74, 6) is -3.98. The number of hydrogen-bond donors (Lipinski definition) is 7. The van der Waals surface area contributed by atoms with E-state index < -0.39 is 82.8 Å². The number of phenolic OH excluding ortho intramolecular Hbond substituents is 4. The standard InChI is InChI=1S/C30H26O13/c31-16-11-19(34)23-20(12-16)41-28(15-7-8-17(32)18(33)10-15)29(25(23)37)43-30-27(39)26(38)24(36)21(42-30)13-40-22(35)9-6-14-4-2-1-3-5-14/h1-12,21,24,26-27,30-34,36,38-39H,13H2/b9-6+/t21-,24+,26+,27-,30+/m1/s1. The Bertz CT molecular complexity index is 1730. The summed E-state index contributed by atoms with van der Waals surface area (Å²) in [6, 6.07) is 14.2. The van der Waals surface area contributed by atoms with Gasteiger partial charge in [-0.15, -0.1) is 0 Å². The molecule has 43 heavy (non-hydrogen) atoms. The van der Waals surface area contributed by atoms with E-state index in [-0.39, 0.29) is 16.9 Å². The van der Waals surface area contributed by atoms with E-state index in [0.29, 0.717) is 0 Å². The molecule has 5 rings (SSSR count). The zero-order chi connectivity index (χ0) is 30.8. The lowest BCUT2D eigenvalue weighted by molar-refractivity contribution is -0.278. The minimum absolute atomic E-state index is 0.00583. The SMILES string of the molecule is O=C(/C=C/c1ccccc1)OC[C@H]1O[C@@H](Oc2c(-c3ccc(O)c(O)c3)oc3cc(O)cc(O)c3c2=O)[C@H](O)[C@@H](O)[C@H]1O. The Hall–Kier alpha value is -5.08. The highest BCUT2D eigenvalue weighted by atomic mass is 16.7. The van der Waals surface area contributed by atoms with Crippen molar-refractivity contribution in [2.24, 2.45) is 0 Å². The van der Waals surface area contributed by atoms with Gasteiger partial charge in [-0.1, -0.05) is 30.3 Å². The van der Waals surface area contributed by atoms with Gasteiger partial charge in [0, 0.05) is 23.8 Å². The summed E-state index contributed by atoms with van der Waals surface area (Å²) in [6.45, 7) is -0.576. The van der Waals surface area contributed by atoms with E-state index in [4.69, 9.17) is 18.6 Å². The van der Waals surface area contributed by atoms with Crippen LogP contribution in [0, 0.1) is 0 Å². The van der Waals surface area contributed by atoms with E-state index in [9.17, 15) is 45.3 Å². The van der Waals surface area contributed by atoms with Crippen molar-refractivity contribution in [1.82, 2.24) is 0 Å². The van der Waals surface area contributed by atoms with Gasteiger partial charge in [0.25, 0.3) is 0 Å². The number of aliphatic hydroxyl groups excluding tert-OH is 3. The predicted molar refractivity (Wildman–Crippen MR) is 148 cm³/mol. The molecule has 0 bridgehead atoms. The molecule has 0 amide bonds. The van der Waals surface area contributed by atoms with Gasteiger partial charge in [0.05, 0.1) is 0 Å². The first-order valence-corrected chi connectivity index (χ1v) is 12.8. The number of ether oxygens (including phenoxy) is 3. The number of carbonyl (C=O) groups excluding carboxylic acids is 1. The van der Waals surface area contributed by atoms with Gasteiger partial charge in [0.15, 0.2) is 17.3 Å². The zero-order valence-electron chi connectivity index (χ0n) is 22.1. The normalized spacial score (nSPS) is 22.1. The fourth-order valence-electron chi connectivity index (χ4n) is 4.44. The molecule has 0 unspecified atom stereocenters. The Morgan fingerprint density at radius 1 is 0.860 bits per heavy atom. The van der Waals surface area contributed by atoms with Crippen LogP contribution in [0.2, 0.25) is 0 Å². The molecule has 13 heteroatoms. The summed E-state index contributed by atoms with van der Waals surface area (Å²) < 4.78 is 22.2.